The molecule has 3 aliphatic rings. The van der Waals surface area contributed by atoms with E-state index in [1.807, 2.05) is 0 Å². The lowest BCUT2D eigenvalue weighted by Crippen LogP contribution is -2.59. The van der Waals surface area contributed by atoms with E-state index in [-0.39, 0.29) is 5.41 Å². The quantitative estimate of drug-likeness (QED) is 0.767. The molecule has 3 heteroatoms. The van der Waals surface area contributed by atoms with Crippen molar-refractivity contribution in [2.45, 2.75) is 39.0 Å². The minimum Gasteiger partial charge on any atom is -0.481 e. The van der Waals surface area contributed by atoms with Gasteiger partial charge in [-0.05, 0) is 60.8 Å². The molecular weight excluding hydrogens is 202 g/mol. The van der Waals surface area contributed by atoms with Crippen LogP contribution in [0.25, 0.3) is 0 Å². The van der Waals surface area contributed by atoms with E-state index in [9.17, 15) is 4.79 Å². The second-order valence-corrected chi connectivity index (χ2v) is 6.64. The van der Waals surface area contributed by atoms with Gasteiger partial charge in [0.25, 0.3) is 0 Å². The fourth-order valence-corrected chi connectivity index (χ4v) is 5.24. The van der Waals surface area contributed by atoms with Crippen LogP contribution in [-0.4, -0.2) is 17.6 Å². The van der Waals surface area contributed by atoms with Crippen molar-refractivity contribution >= 4 is 5.97 Å². The molecule has 3 nitrogen and oxygen atoms in total. The number of aliphatic carboxylic acids is 1. The summed E-state index contributed by atoms with van der Waals surface area (Å²) in [6.07, 6.45) is 5.34. The molecule has 3 fully saturated rings. The molecular formula is C13H21NO2. The van der Waals surface area contributed by atoms with Crippen LogP contribution in [0.1, 0.15) is 39.0 Å². The number of rotatable bonds is 3. The van der Waals surface area contributed by atoms with E-state index < -0.39 is 5.97 Å². The van der Waals surface area contributed by atoms with E-state index >= 15 is 0 Å². The molecule has 0 spiro atoms. The van der Waals surface area contributed by atoms with Crippen LogP contribution >= 0.6 is 0 Å². The van der Waals surface area contributed by atoms with Gasteiger partial charge < -0.3 is 10.8 Å². The average Bonchev–Trinajstić information content (AvgIpc) is 2.37. The Hall–Kier alpha value is -0.570. The summed E-state index contributed by atoms with van der Waals surface area (Å²) in [5.74, 6) is 1.34. The van der Waals surface area contributed by atoms with Crippen molar-refractivity contribution in [1.82, 2.24) is 0 Å². The first kappa shape index (κ1) is 10.6. The first-order valence-corrected chi connectivity index (χ1v) is 6.43. The highest BCUT2D eigenvalue weighted by atomic mass is 16.4. The molecule has 2 bridgehead atoms. The predicted molar refractivity (Wildman–Crippen MR) is 60.8 cm³/mol. The van der Waals surface area contributed by atoms with Crippen LogP contribution in [0.2, 0.25) is 0 Å². The molecule has 0 amide bonds. The Morgan fingerprint density at radius 2 is 2.19 bits per heavy atom. The predicted octanol–water partition coefficient (Wildman–Crippen LogP) is 1.86. The maximum Gasteiger partial charge on any atom is 0.303 e. The lowest BCUT2D eigenvalue weighted by Gasteiger charge is -2.59. The molecule has 0 unspecified atom stereocenters. The van der Waals surface area contributed by atoms with Crippen LogP contribution in [0.5, 0.6) is 0 Å². The number of hydrogen-bond donors (Lipinski definition) is 2. The zero-order valence-corrected chi connectivity index (χ0v) is 9.91. The molecule has 3 N–H and O–H groups in total. The van der Waals surface area contributed by atoms with Crippen molar-refractivity contribution in [1.29, 1.82) is 0 Å². The van der Waals surface area contributed by atoms with Crippen molar-refractivity contribution in [2.75, 3.05) is 6.54 Å². The number of carbonyl (C=O) groups is 1. The van der Waals surface area contributed by atoms with Gasteiger partial charge in [-0.3, -0.25) is 4.79 Å². The van der Waals surface area contributed by atoms with E-state index in [0.29, 0.717) is 30.2 Å². The molecule has 0 saturated heterocycles. The van der Waals surface area contributed by atoms with Crippen molar-refractivity contribution in [3.8, 4) is 0 Å². The number of hydrogen-bond acceptors (Lipinski definition) is 2. The molecule has 3 saturated carbocycles. The summed E-state index contributed by atoms with van der Waals surface area (Å²) in [5.41, 5.74) is 6.39. The normalized spacial score (nSPS) is 53.5. The second kappa shape index (κ2) is 3.00. The van der Waals surface area contributed by atoms with Gasteiger partial charge in [-0.1, -0.05) is 6.92 Å². The Bertz CT molecular complexity index is 343. The minimum atomic E-state index is -0.663. The van der Waals surface area contributed by atoms with Gasteiger partial charge >= 0.3 is 5.97 Å². The largest absolute Gasteiger partial charge is 0.481 e. The van der Waals surface area contributed by atoms with Crippen LogP contribution in [0.3, 0.4) is 0 Å². The van der Waals surface area contributed by atoms with E-state index in [1.54, 1.807) is 0 Å². The summed E-state index contributed by atoms with van der Waals surface area (Å²) in [6.45, 7) is 2.95. The minimum absolute atomic E-state index is 0.0508. The maximum atomic E-state index is 11.1. The van der Waals surface area contributed by atoms with E-state index in [0.717, 1.165) is 5.92 Å². The van der Waals surface area contributed by atoms with Crippen molar-refractivity contribution < 1.29 is 9.90 Å². The smallest absolute Gasteiger partial charge is 0.303 e. The van der Waals surface area contributed by atoms with Gasteiger partial charge in [-0.25, -0.2) is 0 Å². The van der Waals surface area contributed by atoms with Crippen LogP contribution in [0, 0.1) is 28.6 Å². The average molecular weight is 223 g/mol. The molecule has 5 atom stereocenters. The SMILES string of the molecule is C[C@]12CC[C@H]3[C@@H](C1)[C@@H](C2)[C@@]3(CN)CC(=O)O. The van der Waals surface area contributed by atoms with Crippen molar-refractivity contribution in [3.63, 3.8) is 0 Å². The number of carboxylic acids is 1. The standard InChI is InChI=1S/C13H21NO2/c1-12-3-2-9-8(4-12)10(5-12)13(9,7-14)6-11(15)16/h8-10H,2-7,14H2,1H3,(H,15,16)/t8-,9+,10-,12+,13-/m1/s1. The lowest BCUT2D eigenvalue weighted by atomic mass is 9.45. The van der Waals surface area contributed by atoms with Gasteiger partial charge in [0, 0.05) is 0 Å². The number of nitrogens with two attached hydrogens (primary N) is 1. The van der Waals surface area contributed by atoms with Crippen molar-refractivity contribution in [3.05, 3.63) is 0 Å². The Kier molecular flexibility index (Phi) is 1.99. The monoisotopic (exact) mass is 223 g/mol. The third-order valence-corrected chi connectivity index (χ3v) is 5.87. The summed E-state index contributed by atoms with van der Waals surface area (Å²) in [4.78, 5) is 11.1. The first-order chi connectivity index (χ1) is 7.51. The van der Waals surface area contributed by atoms with Crippen LogP contribution in [0.4, 0.5) is 0 Å². The number of fused-ring (bicyclic) bond motifs is 1. The first-order valence-electron chi connectivity index (χ1n) is 6.43. The molecule has 0 radical (unpaired) electrons. The molecule has 0 heterocycles. The molecule has 0 aromatic rings. The van der Waals surface area contributed by atoms with Gasteiger partial charge in [0.15, 0.2) is 0 Å². The topological polar surface area (TPSA) is 63.3 Å². The Labute approximate surface area is 96.4 Å². The van der Waals surface area contributed by atoms with Crippen LogP contribution in [0.15, 0.2) is 0 Å². The third-order valence-electron chi connectivity index (χ3n) is 5.87. The molecule has 3 rings (SSSR count). The van der Waals surface area contributed by atoms with Gasteiger partial charge in [0.2, 0.25) is 0 Å². The van der Waals surface area contributed by atoms with Crippen LogP contribution < -0.4 is 5.73 Å². The zero-order chi connectivity index (χ0) is 11.6. The Morgan fingerprint density at radius 3 is 2.81 bits per heavy atom. The fraction of sp³-hybridized carbons (Fsp3) is 0.923. The van der Waals surface area contributed by atoms with E-state index in [2.05, 4.69) is 6.92 Å². The van der Waals surface area contributed by atoms with Gasteiger partial charge in [-0.15, -0.1) is 0 Å². The lowest BCUT2D eigenvalue weighted by molar-refractivity contribution is -0.156. The maximum absolute atomic E-state index is 11.1. The second-order valence-electron chi connectivity index (χ2n) is 6.64. The Morgan fingerprint density at radius 1 is 1.44 bits per heavy atom. The summed E-state index contributed by atoms with van der Waals surface area (Å²) in [6, 6.07) is 0. The van der Waals surface area contributed by atoms with Gasteiger partial charge in [0.05, 0.1) is 6.42 Å². The molecule has 16 heavy (non-hydrogen) atoms. The highest BCUT2D eigenvalue weighted by molar-refractivity contribution is 5.68. The summed E-state index contributed by atoms with van der Waals surface area (Å²) >= 11 is 0. The van der Waals surface area contributed by atoms with E-state index in [1.165, 1.54) is 25.7 Å². The van der Waals surface area contributed by atoms with Crippen molar-refractivity contribution in [2.24, 2.45) is 34.3 Å². The van der Waals surface area contributed by atoms with Crippen LogP contribution in [-0.2, 0) is 4.79 Å². The molecule has 90 valence electrons. The number of carboxylic acid groups (broad SMARTS) is 1. The van der Waals surface area contributed by atoms with Gasteiger partial charge in [0.1, 0.15) is 0 Å². The van der Waals surface area contributed by atoms with E-state index in [4.69, 9.17) is 10.8 Å². The summed E-state index contributed by atoms with van der Waals surface area (Å²) < 4.78 is 0. The Balaban J connectivity index is 1.90. The molecule has 0 aromatic carbocycles. The highest BCUT2D eigenvalue weighted by Crippen LogP contribution is 2.73. The third kappa shape index (κ3) is 1.10. The zero-order valence-electron chi connectivity index (χ0n) is 9.91. The molecule has 0 aromatic heterocycles. The molecule has 3 aliphatic carbocycles. The fourth-order valence-electron chi connectivity index (χ4n) is 5.24. The highest BCUT2D eigenvalue weighted by Gasteiger charge is 2.68. The summed E-state index contributed by atoms with van der Waals surface area (Å²) in [7, 11) is 0. The molecule has 0 aliphatic heterocycles. The summed E-state index contributed by atoms with van der Waals surface area (Å²) in [5, 5.41) is 9.10. The van der Waals surface area contributed by atoms with Gasteiger partial charge in [-0.2, -0.15) is 0 Å².